The van der Waals surface area contributed by atoms with Crippen LogP contribution in [0.2, 0.25) is 10.0 Å². The number of halogens is 2. The van der Waals surface area contributed by atoms with Crippen molar-refractivity contribution in [2.24, 2.45) is 0 Å². The molecule has 4 nitrogen and oxygen atoms in total. The van der Waals surface area contributed by atoms with Crippen molar-refractivity contribution in [2.75, 3.05) is 12.4 Å². The van der Waals surface area contributed by atoms with Crippen molar-refractivity contribution in [3.8, 4) is 0 Å². The van der Waals surface area contributed by atoms with Crippen LogP contribution >= 0.6 is 23.2 Å². The van der Waals surface area contributed by atoms with Gasteiger partial charge < -0.3 is 10.6 Å². The Bertz CT molecular complexity index is 685. The second-order valence-corrected chi connectivity index (χ2v) is 5.05. The highest BCUT2D eigenvalue weighted by molar-refractivity contribution is 6.42. The minimum atomic E-state index is -0.304. The summed E-state index contributed by atoms with van der Waals surface area (Å²) in [6.45, 7) is 0. The summed E-state index contributed by atoms with van der Waals surface area (Å²) in [5.41, 5.74) is 1.50. The van der Waals surface area contributed by atoms with E-state index in [-0.39, 0.29) is 11.8 Å². The lowest BCUT2D eigenvalue weighted by Crippen LogP contribution is -2.17. The summed E-state index contributed by atoms with van der Waals surface area (Å²) in [4.78, 5) is 23.5. The second kappa shape index (κ2) is 6.61. The third-order valence-corrected chi connectivity index (χ3v) is 3.55. The predicted molar refractivity (Wildman–Crippen MR) is 84.2 cm³/mol. The van der Waals surface area contributed by atoms with Crippen LogP contribution in [-0.2, 0) is 0 Å². The maximum atomic E-state index is 12.1. The van der Waals surface area contributed by atoms with Crippen molar-refractivity contribution in [1.82, 2.24) is 5.32 Å². The molecule has 6 heteroatoms. The van der Waals surface area contributed by atoms with Crippen molar-refractivity contribution < 1.29 is 9.59 Å². The molecule has 0 saturated carbocycles. The molecule has 0 saturated heterocycles. The van der Waals surface area contributed by atoms with Crippen LogP contribution in [0.25, 0.3) is 0 Å². The number of amides is 2. The number of hydrogen-bond donors (Lipinski definition) is 2. The molecule has 0 atom stereocenters. The van der Waals surface area contributed by atoms with Crippen molar-refractivity contribution in [2.45, 2.75) is 0 Å². The number of nitrogens with one attached hydrogen (secondary N) is 2. The Hall–Kier alpha value is -2.04. The van der Waals surface area contributed by atoms with E-state index in [1.165, 1.54) is 6.07 Å². The number of rotatable bonds is 3. The molecule has 108 valence electrons. The van der Waals surface area contributed by atoms with E-state index in [9.17, 15) is 9.59 Å². The third-order valence-electron chi connectivity index (χ3n) is 2.81. The Kier molecular flexibility index (Phi) is 4.83. The highest BCUT2D eigenvalue weighted by Gasteiger charge is 2.09. The van der Waals surface area contributed by atoms with Gasteiger partial charge in [0.15, 0.2) is 0 Å². The number of carbonyl (C=O) groups is 2. The summed E-state index contributed by atoms with van der Waals surface area (Å²) in [5, 5.41) is 5.95. The van der Waals surface area contributed by atoms with E-state index in [2.05, 4.69) is 10.6 Å². The van der Waals surface area contributed by atoms with Gasteiger partial charge in [-0.3, -0.25) is 9.59 Å². The first-order valence-electron chi connectivity index (χ1n) is 6.10. The number of carbonyl (C=O) groups excluding carboxylic acids is 2. The van der Waals surface area contributed by atoms with Gasteiger partial charge in [-0.25, -0.2) is 0 Å². The summed E-state index contributed by atoms with van der Waals surface area (Å²) >= 11 is 11.7. The quantitative estimate of drug-likeness (QED) is 0.907. The Labute approximate surface area is 132 Å². The number of hydrogen-bond acceptors (Lipinski definition) is 2. The lowest BCUT2D eigenvalue weighted by Gasteiger charge is -2.07. The molecule has 2 amide bonds. The zero-order chi connectivity index (χ0) is 15.4. The van der Waals surface area contributed by atoms with Crippen molar-refractivity contribution >= 4 is 40.7 Å². The van der Waals surface area contributed by atoms with Gasteiger partial charge in [0, 0.05) is 23.9 Å². The summed E-state index contributed by atoms with van der Waals surface area (Å²) in [6, 6.07) is 11.2. The molecule has 0 aromatic heterocycles. The summed E-state index contributed by atoms with van der Waals surface area (Å²) in [5.74, 6) is -0.487. The molecule has 2 rings (SSSR count). The van der Waals surface area contributed by atoms with E-state index in [1.54, 1.807) is 43.4 Å². The molecular formula is C15H12Cl2N2O2. The minimum Gasteiger partial charge on any atom is -0.355 e. The minimum absolute atomic E-state index is 0.183. The van der Waals surface area contributed by atoms with Gasteiger partial charge in [-0.05, 0) is 42.5 Å². The van der Waals surface area contributed by atoms with E-state index >= 15 is 0 Å². The van der Waals surface area contributed by atoms with E-state index in [0.717, 1.165) is 0 Å². The second-order valence-electron chi connectivity index (χ2n) is 4.24. The van der Waals surface area contributed by atoms with Crippen LogP contribution in [0.15, 0.2) is 42.5 Å². The first kappa shape index (κ1) is 15.4. The number of benzene rings is 2. The van der Waals surface area contributed by atoms with Crippen molar-refractivity contribution in [3.63, 3.8) is 0 Å². The van der Waals surface area contributed by atoms with E-state index < -0.39 is 0 Å². The number of anilines is 1. The topological polar surface area (TPSA) is 58.2 Å². The predicted octanol–water partition coefficient (Wildman–Crippen LogP) is 3.61. The van der Waals surface area contributed by atoms with Crippen LogP contribution < -0.4 is 10.6 Å². The average Bonchev–Trinajstić information content (AvgIpc) is 2.50. The van der Waals surface area contributed by atoms with Gasteiger partial charge in [-0.2, -0.15) is 0 Å². The smallest absolute Gasteiger partial charge is 0.255 e. The molecule has 0 aliphatic carbocycles. The molecule has 0 fully saturated rings. The highest BCUT2D eigenvalue weighted by atomic mass is 35.5. The monoisotopic (exact) mass is 322 g/mol. The van der Waals surface area contributed by atoms with Gasteiger partial charge in [-0.1, -0.05) is 23.2 Å². The molecule has 0 aliphatic heterocycles. The van der Waals surface area contributed by atoms with Crippen LogP contribution in [0.4, 0.5) is 5.69 Å². The van der Waals surface area contributed by atoms with Crippen LogP contribution in [0.3, 0.4) is 0 Å². The molecule has 0 aliphatic rings. The summed E-state index contributed by atoms with van der Waals surface area (Å²) in [7, 11) is 1.56. The van der Waals surface area contributed by atoms with E-state index in [0.29, 0.717) is 26.9 Å². The Morgan fingerprint density at radius 2 is 1.48 bits per heavy atom. The molecule has 2 N–H and O–H groups in total. The molecule has 0 heterocycles. The summed E-state index contributed by atoms with van der Waals surface area (Å²) in [6.07, 6.45) is 0. The molecule has 0 unspecified atom stereocenters. The SMILES string of the molecule is CNC(=O)c1ccc(NC(=O)c2ccc(Cl)c(Cl)c2)cc1. The molecule has 0 spiro atoms. The van der Waals surface area contributed by atoms with Gasteiger partial charge >= 0.3 is 0 Å². The molecule has 2 aromatic rings. The van der Waals surface area contributed by atoms with Crippen LogP contribution in [0, 0.1) is 0 Å². The van der Waals surface area contributed by atoms with Crippen molar-refractivity contribution in [1.29, 1.82) is 0 Å². The van der Waals surface area contributed by atoms with Crippen LogP contribution in [0.1, 0.15) is 20.7 Å². The van der Waals surface area contributed by atoms with Gasteiger partial charge in [-0.15, -0.1) is 0 Å². The first-order chi connectivity index (χ1) is 10.0. The fourth-order valence-corrected chi connectivity index (χ4v) is 1.99. The first-order valence-corrected chi connectivity index (χ1v) is 6.85. The van der Waals surface area contributed by atoms with Gasteiger partial charge in [0.1, 0.15) is 0 Å². The zero-order valence-electron chi connectivity index (χ0n) is 11.1. The normalized spacial score (nSPS) is 10.0. The Morgan fingerprint density at radius 3 is 2.05 bits per heavy atom. The summed E-state index contributed by atoms with van der Waals surface area (Å²) < 4.78 is 0. The van der Waals surface area contributed by atoms with Gasteiger partial charge in [0.05, 0.1) is 10.0 Å². The zero-order valence-corrected chi connectivity index (χ0v) is 12.6. The molecule has 2 aromatic carbocycles. The molecule has 0 bridgehead atoms. The van der Waals surface area contributed by atoms with Crippen LogP contribution in [0.5, 0.6) is 0 Å². The maximum Gasteiger partial charge on any atom is 0.255 e. The fraction of sp³-hybridized carbons (Fsp3) is 0.0667. The largest absolute Gasteiger partial charge is 0.355 e. The van der Waals surface area contributed by atoms with Crippen LogP contribution in [-0.4, -0.2) is 18.9 Å². The lowest BCUT2D eigenvalue weighted by atomic mass is 10.1. The standard InChI is InChI=1S/C15H12Cl2N2O2/c1-18-14(20)9-2-5-11(6-3-9)19-15(21)10-4-7-12(16)13(17)8-10/h2-8H,1H3,(H,18,20)(H,19,21). The average molecular weight is 323 g/mol. The van der Waals surface area contributed by atoms with E-state index in [4.69, 9.17) is 23.2 Å². The molecule has 0 radical (unpaired) electrons. The van der Waals surface area contributed by atoms with Gasteiger partial charge in [0.25, 0.3) is 11.8 Å². The van der Waals surface area contributed by atoms with Crippen molar-refractivity contribution in [3.05, 3.63) is 63.6 Å². The fourth-order valence-electron chi connectivity index (χ4n) is 1.69. The molecular weight excluding hydrogens is 311 g/mol. The van der Waals surface area contributed by atoms with Gasteiger partial charge in [0.2, 0.25) is 0 Å². The highest BCUT2D eigenvalue weighted by Crippen LogP contribution is 2.23. The maximum absolute atomic E-state index is 12.1. The molecule has 21 heavy (non-hydrogen) atoms. The Morgan fingerprint density at radius 1 is 0.857 bits per heavy atom. The van der Waals surface area contributed by atoms with E-state index in [1.807, 2.05) is 0 Å². The lowest BCUT2D eigenvalue weighted by molar-refractivity contribution is 0.0962. The third kappa shape index (κ3) is 3.74. The Balaban J connectivity index is 2.12.